The molecule has 0 saturated heterocycles. The number of ether oxygens (including phenoxy) is 2. The molecule has 0 aromatic carbocycles. The van der Waals surface area contributed by atoms with E-state index in [0.717, 1.165) is 0 Å². The normalized spacial score (nSPS) is 14.3. The first-order valence-corrected chi connectivity index (χ1v) is 4.54. The lowest BCUT2D eigenvalue weighted by Gasteiger charge is -2.13. The Morgan fingerprint density at radius 1 is 1.29 bits per heavy atom. The molecule has 0 amide bonds. The van der Waals surface area contributed by atoms with Crippen LogP contribution in [0.2, 0.25) is 0 Å². The zero-order valence-corrected chi connectivity index (χ0v) is 8.65. The van der Waals surface area contributed by atoms with Gasteiger partial charge in [-0.15, -0.1) is 0 Å². The Labute approximate surface area is 83.0 Å². The van der Waals surface area contributed by atoms with Gasteiger partial charge in [-0.2, -0.15) is 0 Å². The molecule has 0 radical (unpaired) electrons. The molecule has 0 aromatic heterocycles. The molecular formula is C9H16O5. The maximum absolute atomic E-state index is 11.1. The highest BCUT2D eigenvalue weighted by molar-refractivity contribution is 5.80. The zero-order chi connectivity index (χ0) is 11.1. The summed E-state index contributed by atoms with van der Waals surface area (Å²) >= 11 is 0. The second kappa shape index (κ2) is 6.37. The predicted molar refractivity (Wildman–Crippen MR) is 48.5 cm³/mol. The number of hydrogen-bond donors (Lipinski definition) is 1. The van der Waals surface area contributed by atoms with Crippen molar-refractivity contribution in [2.24, 2.45) is 0 Å². The van der Waals surface area contributed by atoms with E-state index in [4.69, 9.17) is 9.84 Å². The van der Waals surface area contributed by atoms with Gasteiger partial charge in [0.1, 0.15) is 6.10 Å². The van der Waals surface area contributed by atoms with Crippen molar-refractivity contribution in [3.05, 3.63) is 0 Å². The van der Waals surface area contributed by atoms with Gasteiger partial charge in [0.05, 0.1) is 6.61 Å². The van der Waals surface area contributed by atoms with Gasteiger partial charge in [-0.05, 0) is 20.3 Å². The SMILES string of the molecule is CCCOC(=O)C(C)OC(=O)C(C)O. The molecule has 14 heavy (non-hydrogen) atoms. The van der Waals surface area contributed by atoms with E-state index in [9.17, 15) is 9.59 Å². The fraction of sp³-hybridized carbons (Fsp3) is 0.778. The van der Waals surface area contributed by atoms with E-state index in [0.29, 0.717) is 13.0 Å². The molecule has 2 unspecified atom stereocenters. The van der Waals surface area contributed by atoms with Crippen LogP contribution in [0.5, 0.6) is 0 Å². The van der Waals surface area contributed by atoms with Crippen LogP contribution < -0.4 is 0 Å². The van der Waals surface area contributed by atoms with E-state index >= 15 is 0 Å². The van der Waals surface area contributed by atoms with Crippen LogP contribution in [0.15, 0.2) is 0 Å². The number of rotatable bonds is 5. The molecule has 0 aliphatic rings. The number of carbonyl (C=O) groups excluding carboxylic acids is 2. The second-order valence-electron chi connectivity index (χ2n) is 2.92. The van der Waals surface area contributed by atoms with Gasteiger partial charge in [-0.3, -0.25) is 0 Å². The van der Waals surface area contributed by atoms with Crippen molar-refractivity contribution < 1.29 is 24.2 Å². The molecule has 0 rings (SSSR count). The van der Waals surface area contributed by atoms with Gasteiger partial charge >= 0.3 is 11.9 Å². The molecular weight excluding hydrogens is 188 g/mol. The third-order valence-electron chi connectivity index (χ3n) is 1.41. The summed E-state index contributed by atoms with van der Waals surface area (Å²) in [5, 5.41) is 8.80. The largest absolute Gasteiger partial charge is 0.463 e. The van der Waals surface area contributed by atoms with Crippen molar-refractivity contribution in [3.63, 3.8) is 0 Å². The van der Waals surface area contributed by atoms with Gasteiger partial charge in [0.15, 0.2) is 6.10 Å². The molecule has 0 aliphatic heterocycles. The summed E-state index contributed by atoms with van der Waals surface area (Å²) in [6.45, 7) is 4.83. The van der Waals surface area contributed by atoms with Crippen LogP contribution in [-0.4, -0.2) is 35.9 Å². The smallest absolute Gasteiger partial charge is 0.347 e. The molecule has 82 valence electrons. The minimum absolute atomic E-state index is 0.301. The molecule has 0 heterocycles. The standard InChI is InChI=1S/C9H16O5/c1-4-5-13-9(12)7(3)14-8(11)6(2)10/h6-7,10H,4-5H2,1-3H3. The predicted octanol–water partition coefficient (Wildman–Crippen LogP) is 0.252. The van der Waals surface area contributed by atoms with E-state index in [1.807, 2.05) is 6.92 Å². The fourth-order valence-electron chi connectivity index (χ4n) is 0.641. The first-order valence-electron chi connectivity index (χ1n) is 4.54. The Morgan fingerprint density at radius 2 is 1.86 bits per heavy atom. The highest BCUT2D eigenvalue weighted by Crippen LogP contribution is 1.98. The Bertz CT molecular complexity index is 199. The van der Waals surface area contributed by atoms with E-state index in [2.05, 4.69) is 4.74 Å². The fourth-order valence-corrected chi connectivity index (χ4v) is 0.641. The quantitative estimate of drug-likeness (QED) is 0.650. The Balaban J connectivity index is 3.89. The molecule has 0 bridgehead atoms. The lowest BCUT2D eigenvalue weighted by Crippen LogP contribution is -2.30. The minimum atomic E-state index is -1.23. The van der Waals surface area contributed by atoms with E-state index in [1.54, 1.807) is 0 Å². The molecule has 5 heteroatoms. The third kappa shape index (κ3) is 4.81. The average molecular weight is 204 g/mol. The third-order valence-corrected chi connectivity index (χ3v) is 1.41. The van der Waals surface area contributed by atoms with Crippen LogP contribution in [0.4, 0.5) is 0 Å². The number of aliphatic hydroxyl groups excluding tert-OH is 1. The number of aliphatic hydroxyl groups is 1. The second-order valence-corrected chi connectivity index (χ2v) is 2.92. The Kier molecular flexibility index (Phi) is 5.87. The Hall–Kier alpha value is -1.10. The number of esters is 2. The van der Waals surface area contributed by atoms with Crippen molar-refractivity contribution in [2.75, 3.05) is 6.61 Å². The lowest BCUT2D eigenvalue weighted by molar-refractivity contribution is -0.171. The van der Waals surface area contributed by atoms with Crippen LogP contribution >= 0.6 is 0 Å². The van der Waals surface area contributed by atoms with Crippen LogP contribution in [0.1, 0.15) is 27.2 Å². The van der Waals surface area contributed by atoms with E-state index < -0.39 is 24.1 Å². The van der Waals surface area contributed by atoms with Crippen LogP contribution in [0, 0.1) is 0 Å². The van der Waals surface area contributed by atoms with Gasteiger partial charge < -0.3 is 14.6 Å². The first-order chi connectivity index (χ1) is 6.49. The zero-order valence-electron chi connectivity index (χ0n) is 8.65. The number of carbonyl (C=O) groups is 2. The van der Waals surface area contributed by atoms with Crippen molar-refractivity contribution >= 4 is 11.9 Å². The first kappa shape index (κ1) is 12.9. The average Bonchev–Trinajstić information content (AvgIpc) is 2.13. The summed E-state index contributed by atoms with van der Waals surface area (Å²) in [6, 6.07) is 0. The van der Waals surface area contributed by atoms with Crippen molar-refractivity contribution in [3.8, 4) is 0 Å². The molecule has 2 atom stereocenters. The van der Waals surface area contributed by atoms with Crippen molar-refractivity contribution in [2.45, 2.75) is 39.4 Å². The molecule has 1 N–H and O–H groups in total. The maximum atomic E-state index is 11.1. The van der Waals surface area contributed by atoms with Gasteiger partial charge in [0.2, 0.25) is 0 Å². The summed E-state index contributed by atoms with van der Waals surface area (Å²) in [4.78, 5) is 21.9. The van der Waals surface area contributed by atoms with Gasteiger partial charge in [0, 0.05) is 0 Å². The minimum Gasteiger partial charge on any atom is -0.463 e. The highest BCUT2D eigenvalue weighted by atomic mass is 16.6. The number of hydrogen-bond acceptors (Lipinski definition) is 5. The van der Waals surface area contributed by atoms with Crippen LogP contribution in [0.3, 0.4) is 0 Å². The van der Waals surface area contributed by atoms with Crippen molar-refractivity contribution in [1.82, 2.24) is 0 Å². The topological polar surface area (TPSA) is 72.8 Å². The summed E-state index contributed by atoms with van der Waals surface area (Å²) in [5.41, 5.74) is 0. The van der Waals surface area contributed by atoms with Crippen LogP contribution in [0.25, 0.3) is 0 Å². The molecule has 0 saturated carbocycles. The monoisotopic (exact) mass is 204 g/mol. The summed E-state index contributed by atoms with van der Waals surface area (Å²) in [5.74, 6) is -1.42. The van der Waals surface area contributed by atoms with E-state index in [-0.39, 0.29) is 0 Å². The molecule has 5 nitrogen and oxygen atoms in total. The molecule has 0 spiro atoms. The Morgan fingerprint density at radius 3 is 2.29 bits per heavy atom. The van der Waals surface area contributed by atoms with E-state index in [1.165, 1.54) is 13.8 Å². The lowest BCUT2D eigenvalue weighted by atomic mass is 10.4. The molecule has 0 aromatic rings. The van der Waals surface area contributed by atoms with Gasteiger partial charge in [-0.1, -0.05) is 6.92 Å². The molecule has 0 fully saturated rings. The summed E-state index contributed by atoms with van der Waals surface area (Å²) < 4.78 is 9.34. The highest BCUT2D eigenvalue weighted by Gasteiger charge is 2.21. The van der Waals surface area contributed by atoms with Crippen molar-refractivity contribution in [1.29, 1.82) is 0 Å². The maximum Gasteiger partial charge on any atom is 0.347 e. The summed E-state index contributed by atoms with van der Waals surface area (Å²) in [7, 11) is 0. The molecule has 0 aliphatic carbocycles. The summed E-state index contributed by atoms with van der Waals surface area (Å²) in [6.07, 6.45) is -1.48. The van der Waals surface area contributed by atoms with Gasteiger partial charge in [0.25, 0.3) is 0 Å². The van der Waals surface area contributed by atoms with Crippen LogP contribution in [-0.2, 0) is 19.1 Å². The van der Waals surface area contributed by atoms with Gasteiger partial charge in [-0.25, -0.2) is 9.59 Å².